The van der Waals surface area contributed by atoms with Gasteiger partial charge in [-0.15, -0.1) is 0 Å². The SMILES string of the molecule is CC(C)CC(C)(C#N)N=NC(C)(C#N)CC(C)C.CC(C)CC(C)(C#N)N=NC(C)(C#N)CC(C)C. The van der Waals surface area contributed by atoms with E-state index in [4.69, 9.17) is 0 Å². The summed E-state index contributed by atoms with van der Waals surface area (Å²) in [6.45, 7) is 23.4. The molecule has 0 N–H and O–H groups in total. The van der Waals surface area contributed by atoms with E-state index < -0.39 is 22.2 Å². The summed E-state index contributed by atoms with van der Waals surface area (Å²) in [5.74, 6) is 1.47. The first-order valence-corrected chi connectivity index (χ1v) is 12.9. The fourth-order valence-electron chi connectivity index (χ4n) is 4.06. The summed E-state index contributed by atoms with van der Waals surface area (Å²) in [6, 6.07) is 8.76. The molecule has 0 aromatic rings. The lowest BCUT2D eigenvalue weighted by Crippen LogP contribution is -2.26. The van der Waals surface area contributed by atoms with Crippen molar-refractivity contribution in [3.63, 3.8) is 0 Å². The van der Waals surface area contributed by atoms with Gasteiger partial charge < -0.3 is 0 Å². The molecule has 0 aromatic heterocycles. The van der Waals surface area contributed by atoms with Gasteiger partial charge in [-0.05, 0) is 77.0 Å². The second kappa shape index (κ2) is 15.3. The Morgan fingerprint density at radius 2 is 0.556 bits per heavy atom. The summed E-state index contributed by atoms with van der Waals surface area (Å²) in [5.41, 5.74) is -3.32. The third-order valence-electron chi connectivity index (χ3n) is 5.17. The summed E-state index contributed by atoms with van der Waals surface area (Å²) in [6.07, 6.45) is 2.60. The molecule has 0 radical (unpaired) electrons. The van der Waals surface area contributed by atoms with Gasteiger partial charge in [0.2, 0.25) is 0 Å². The zero-order valence-corrected chi connectivity index (χ0v) is 24.7. The average molecular weight is 497 g/mol. The highest BCUT2D eigenvalue weighted by Gasteiger charge is 2.30. The number of rotatable bonds is 12. The van der Waals surface area contributed by atoms with Gasteiger partial charge in [-0.25, -0.2) is 0 Å². The molecule has 0 aliphatic carbocycles. The molecule has 8 nitrogen and oxygen atoms in total. The van der Waals surface area contributed by atoms with Crippen molar-refractivity contribution in [1.29, 1.82) is 21.0 Å². The Bertz CT molecular complexity index is 746. The second-order valence-corrected chi connectivity index (χ2v) is 12.3. The normalized spacial score (nSPS) is 18.3. The molecule has 0 heterocycles. The van der Waals surface area contributed by atoms with E-state index in [2.05, 4.69) is 44.7 Å². The van der Waals surface area contributed by atoms with Crippen molar-refractivity contribution in [2.45, 2.75) is 131 Å². The predicted octanol–water partition coefficient (Wildman–Crippen LogP) is 8.19. The van der Waals surface area contributed by atoms with Gasteiger partial charge in [-0.1, -0.05) is 55.4 Å². The molecular formula is C28H48N8. The van der Waals surface area contributed by atoms with Crippen LogP contribution in [0.2, 0.25) is 0 Å². The van der Waals surface area contributed by atoms with Crippen LogP contribution in [0.3, 0.4) is 0 Å². The molecule has 0 bridgehead atoms. The van der Waals surface area contributed by atoms with E-state index in [0.29, 0.717) is 49.4 Å². The quantitative estimate of drug-likeness (QED) is 0.250. The van der Waals surface area contributed by atoms with E-state index in [-0.39, 0.29) is 0 Å². The average Bonchev–Trinajstić information content (AvgIpc) is 2.75. The molecule has 0 saturated carbocycles. The minimum atomic E-state index is -0.830. The first-order chi connectivity index (χ1) is 16.3. The number of azo groups is 2. The van der Waals surface area contributed by atoms with Crippen molar-refractivity contribution in [1.82, 2.24) is 0 Å². The predicted molar refractivity (Wildman–Crippen MR) is 144 cm³/mol. The smallest absolute Gasteiger partial charge is 0.165 e. The lowest BCUT2D eigenvalue weighted by Gasteiger charge is -2.22. The molecule has 0 saturated heterocycles. The lowest BCUT2D eigenvalue weighted by molar-refractivity contribution is 0.384. The van der Waals surface area contributed by atoms with E-state index in [0.717, 1.165) is 0 Å². The molecule has 0 aliphatic heterocycles. The van der Waals surface area contributed by atoms with Crippen LogP contribution in [0.1, 0.15) is 109 Å². The first-order valence-electron chi connectivity index (χ1n) is 12.9. The third kappa shape index (κ3) is 15.2. The van der Waals surface area contributed by atoms with Crippen molar-refractivity contribution >= 4 is 0 Å². The Morgan fingerprint density at radius 1 is 0.417 bits per heavy atom. The second-order valence-electron chi connectivity index (χ2n) is 12.3. The van der Waals surface area contributed by atoms with Crippen LogP contribution in [-0.4, -0.2) is 22.2 Å². The van der Waals surface area contributed by atoms with Crippen molar-refractivity contribution < 1.29 is 0 Å². The Hall–Kier alpha value is -2.84. The summed E-state index contributed by atoms with van der Waals surface area (Å²) >= 11 is 0. The van der Waals surface area contributed by atoms with Crippen LogP contribution in [0.25, 0.3) is 0 Å². The summed E-state index contributed by atoms with van der Waals surface area (Å²) in [5, 5.41) is 53.4. The summed E-state index contributed by atoms with van der Waals surface area (Å²) in [4.78, 5) is 0. The van der Waals surface area contributed by atoms with E-state index in [1.54, 1.807) is 27.7 Å². The highest BCUT2D eigenvalue weighted by molar-refractivity contribution is 5.08. The maximum absolute atomic E-state index is 9.20. The number of hydrogen-bond donors (Lipinski definition) is 0. The zero-order chi connectivity index (χ0) is 28.8. The maximum atomic E-state index is 9.20. The highest BCUT2D eigenvalue weighted by atomic mass is 15.2. The molecule has 200 valence electrons. The lowest BCUT2D eigenvalue weighted by atomic mass is 9.92. The number of nitriles is 4. The van der Waals surface area contributed by atoms with Crippen molar-refractivity contribution in [3.8, 4) is 24.3 Å². The van der Waals surface area contributed by atoms with E-state index in [9.17, 15) is 21.0 Å². The fraction of sp³-hybridized carbons (Fsp3) is 0.857. The molecule has 0 amide bonds. The first kappa shape index (κ1) is 35.3. The van der Waals surface area contributed by atoms with E-state index in [1.165, 1.54) is 0 Å². The van der Waals surface area contributed by atoms with Gasteiger partial charge >= 0.3 is 0 Å². The summed E-state index contributed by atoms with van der Waals surface area (Å²) in [7, 11) is 0. The van der Waals surface area contributed by atoms with E-state index in [1.807, 2.05) is 55.4 Å². The van der Waals surface area contributed by atoms with Gasteiger partial charge in [0.15, 0.2) is 22.2 Å². The van der Waals surface area contributed by atoms with Gasteiger partial charge in [0.05, 0.1) is 24.3 Å². The molecular weight excluding hydrogens is 448 g/mol. The molecule has 8 heteroatoms. The standard InChI is InChI=1S/2C14H24N4/c2*1-11(2)7-13(5,9-15)17-18-14(6,10-16)8-12(3)4/h2*11-12H,7-8H2,1-6H3. The van der Waals surface area contributed by atoms with Crippen LogP contribution in [-0.2, 0) is 0 Å². The number of nitrogens with zero attached hydrogens (tertiary/aromatic N) is 8. The molecule has 4 atom stereocenters. The Morgan fingerprint density at radius 3 is 0.639 bits per heavy atom. The monoisotopic (exact) mass is 496 g/mol. The summed E-state index contributed by atoms with van der Waals surface area (Å²) < 4.78 is 0. The van der Waals surface area contributed by atoms with Crippen LogP contribution < -0.4 is 0 Å². The van der Waals surface area contributed by atoms with Crippen LogP contribution in [0, 0.1) is 69.0 Å². The topological polar surface area (TPSA) is 145 Å². The van der Waals surface area contributed by atoms with Crippen molar-refractivity contribution in [2.75, 3.05) is 0 Å². The van der Waals surface area contributed by atoms with Crippen LogP contribution in [0.5, 0.6) is 0 Å². The van der Waals surface area contributed by atoms with Gasteiger partial charge in [0, 0.05) is 0 Å². The molecule has 36 heavy (non-hydrogen) atoms. The Labute approximate surface area is 220 Å². The number of hydrogen-bond acceptors (Lipinski definition) is 8. The Balaban J connectivity index is 0. The van der Waals surface area contributed by atoms with Gasteiger partial charge in [-0.3, -0.25) is 0 Å². The minimum absolute atomic E-state index is 0.368. The molecule has 0 aromatic carbocycles. The van der Waals surface area contributed by atoms with Crippen molar-refractivity contribution in [3.05, 3.63) is 0 Å². The third-order valence-corrected chi connectivity index (χ3v) is 5.17. The van der Waals surface area contributed by atoms with Crippen LogP contribution >= 0.6 is 0 Å². The highest BCUT2D eigenvalue weighted by Crippen LogP contribution is 2.27. The molecule has 0 fully saturated rings. The van der Waals surface area contributed by atoms with Crippen LogP contribution in [0.15, 0.2) is 20.5 Å². The van der Waals surface area contributed by atoms with E-state index >= 15 is 0 Å². The molecule has 4 unspecified atom stereocenters. The zero-order valence-electron chi connectivity index (χ0n) is 24.7. The van der Waals surface area contributed by atoms with Crippen LogP contribution in [0.4, 0.5) is 0 Å². The molecule has 0 aliphatic rings. The maximum Gasteiger partial charge on any atom is 0.165 e. The van der Waals surface area contributed by atoms with Gasteiger partial charge in [0.1, 0.15) is 0 Å². The molecule has 0 spiro atoms. The largest absolute Gasteiger partial charge is 0.196 e. The van der Waals surface area contributed by atoms with Gasteiger partial charge in [-0.2, -0.15) is 41.5 Å². The Kier molecular flexibility index (Phi) is 15.0. The minimum Gasteiger partial charge on any atom is -0.196 e. The fourth-order valence-corrected chi connectivity index (χ4v) is 4.06. The van der Waals surface area contributed by atoms with Crippen molar-refractivity contribution in [2.24, 2.45) is 44.1 Å². The molecule has 0 rings (SSSR count). The van der Waals surface area contributed by atoms with Gasteiger partial charge in [0.25, 0.3) is 0 Å².